The average molecular weight is 218 g/mol. The van der Waals surface area contributed by atoms with Crippen LogP contribution in [0.4, 0.5) is 13.2 Å². The lowest BCUT2D eigenvalue weighted by Gasteiger charge is -2.30. The number of dihydropyridines is 1. The smallest absolute Gasteiger partial charge is 0.398 e. The van der Waals surface area contributed by atoms with Crippen LogP contribution in [-0.4, -0.2) is 12.2 Å². The number of hydrogen-bond donors (Lipinski definition) is 2. The molecule has 1 heterocycles. The Kier molecular flexibility index (Phi) is 2.20. The Morgan fingerprint density at radius 2 is 2.00 bits per heavy atom. The molecule has 1 aliphatic carbocycles. The monoisotopic (exact) mass is 218 g/mol. The van der Waals surface area contributed by atoms with Gasteiger partial charge in [0.15, 0.2) is 0 Å². The van der Waals surface area contributed by atoms with Gasteiger partial charge in [0.05, 0.1) is 0 Å². The van der Waals surface area contributed by atoms with Crippen LogP contribution >= 0.6 is 0 Å². The first-order chi connectivity index (χ1) is 6.91. The molecule has 0 spiro atoms. The largest absolute Gasteiger partial charge is 0.412 e. The second-order valence-electron chi connectivity index (χ2n) is 4.03. The number of nitrogens with one attached hydrogen (secondary N) is 1. The molecule has 0 aromatic heterocycles. The quantitative estimate of drug-likeness (QED) is 0.654. The number of allylic oxidation sites excluding steroid dienone is 2. The lowest BCUT2D eigenvalue weighted by Crippen LogP contribution is -2.45. The summed E-state index contributed by atoms with van der Waals surface area (Å²) in [5.41, 5.74) is 7.83. The van der Waals surface area contributed by atoms with E-state index < -0.39 is 12.2 Å². The summed E-state index contributed by atoms with van der Waals surface area (Å²) in [5.74, 6) is 0. The van der Waals surface area contributed by atoms with Crippen LogP contribution < -0.4 is 11.1 Å². The molecule has 3 N–H and O–H groups in total. The average Bonchev–Trinajstić information content (AvgIpc) is 2.57. The molecule has 0 saturated carbocycles. The first-order valence-corrected chi connectivity index (χ1v) is 4.93. The fourth-order valence-electron chi connectivity index (χ4n) is 2.20. The topological polar surface area (TPSA) is 38.0 Å². The van der Waals surface area contributed by atoms with Gasteiger partial charge in [0.25, 0.3) is 0 Å². The van der Waals surface area contributed by atoms with Gasteiger partial charge in [-0.15, -0.1) is 0 Å². The summed E-state index contributed by atoms with van der Waals surface area (Å²) in [5, 5.41) is 2.55. The van der Waals surface area contributed by atoms with E-state index in [0.29, 0.717) is 17.8 Å². The zero-order valence-corrected chi connectivity index (χ0v) is 8.41. The molecule has 0 fully saturated rings. The standard InChI is InChI=1S/C10H13F3N2/c1-5-8(14)6-3-2-4-7(6)15-9(5)10(11,12)13/h9,15H,2-4,14H2,1H3. The van der Waals surface area contributed by atoms with Crippen LogP contribution in [0.15, 0.2) is 22.5 Å². The van der Waals surface area contributed by atoms with Crippen LogP contribution in [0, 0.1) is 0 Å². The molecule has 0 amide bonds. The van der Waals surface area contributed by atoms with E-state index in [1.54, 1.807) is 0 Å². The van der Waals surface area contributed by atoms with Crippen molar-refractivity contribution in [3.8, 4) is 0 Å². The van der Waals surface area contributed by atoms with E-state index in [2.05, 4.69) is 5.32 Å². The molecule has 84 valence electrons. The highest BCUT2D eigenvalue weighted by Crippen LogP contribution is 2.38. The third-order valence-electron chi connectivity index (χ3n) is 3.05. The molecule has 0 radical (unpaired) electrons. The summed E-state index contributed by atoms with van der Waals surface area (Å²) < 4.78 is 37.9. The minimum atomic E-state index is -4.27. The van der Waals surface area contributed by atoms with Gasteiger partial charge in [-0.1, -0.05) is 0 Å². The summed E-state index contributed by atoms with van der Waals surface area (Å²) in [6.45, 7) is 1.45. The number of halogens is 3. The first-order valence-electron chi connectivity index (χ1n) is 4.93. The van der Waals surface area contributed by atoms with Gasteiger partial charge in [0, 0.05) is 11.4 Å². The Morgan fingerprint density at radius 3 is 2.60 bits per heavy atom. The van der Waals surface area contributed by atoms with Crippen LogP contribution in [0.25, 0.3) is 0 Å². The number of rotatable bonds is 0. The molecule has 2 rings (SSSR count). The Labute approximate surface area is 86.0 Å². The molecular formula is C10H13F3N2. The number of hydrogen-bond acceptors (Lipinski definition) is 2. The van der Waals surface area contributed by atoms with Crippen molar-refractivity contribution in [3.05, 3.63) is 22.5 Å². The minimum Gasteiger partial charge on any atom is -0.398 e. The van der Waals surface area contributed by atoms with E-state index in [0.717, 1.165) is 18.4 Å². The molecule has 1 atom stereocenters. The molecule has 1 unspecified atom stereocenters. The third-order valence-corrected chi connectivity index (χ3v) is 3.05. The van der Waals surface area contributed by atoms with Gasteiger partial charge in [-0.05, 0) is 37.3 Å². The van der Waals surface area contributed by atoms with Crippen molar-refractivity contribution < 1.29 is 13.2 Å². The molecule has 0 aromatic carbocycles. The van der Waals surface area contributed by atoms with E-state index in [9.17, 15) is 13.2 Å². The molecule has 0 saturated heterocycles. The highest BCUT2D eigenvalue weighted by atomic mass is 19.4. The summed E-state index contributed by atoms with van der Waals surface area (Å²) in [7, 11) is 0. The van der Waals surface area contributed by atoms with Crippen LogP contribution in [0.5, 0.6) is 0 Å². The molecule has 15 heavy (non-hydrogen) atoms. The van der Waals surface area contributed by atoms with Crippen LogP contribution in [0.2, 0.25) is 0 Å². The van der Waals surface area contributed by atoms with E-state index in [-0.39, 0.29) is 5.57 Å². The van der Waals surface area contributed by atoms with Gasteiger partial charge in [0.1, 0.15) is 6.04 Å². The maximum atomic E-state index is 12.6. The third kappa shape index (κ3) is 1.60. The molecule has 2 nitrogen and oxygen atoms in total. The van der Waals surface area contributed by atoms with Crippen molar-refractivity contribution in [1.29, 1.82) is 0 Å². The predicted octanol–water partition coefficient (Wildman–Crippen LogP) is 2.19. The van der Waals surface area contributed by atoms with Crippen LogP contribution in [0.3, 0.4) is 0 Å². The van der Waals surface area contributed by atoms with E-state index in [4.69, 9.17) is 5.73 Å². The fourth-order valence-corrected chi connectivity index (χ4v) is 2.20. The predicted molar refractivity (Wildman–Crippen MR) is 50.7 cm³/mol. The van der Waals surface area contributed by atoms with E-state index >= 15 is 0 Å². The van der Waals surface area contributed by atoms with E-state index in [1.807, 2.05) is 0 Å². The second kappa shape index (κ2) is 3.18. The maximum absolute atomic E-state index is 12.6. The van der Waals surface area contributed by atoms with Crippen molar-refractivity contribution in [1.82, 2.24) is 5.32 Å². The SMILES string of the molecule is CC1=C(N)C2=C(CCC2)NC1C(F)(F)F. The van der Waals surface area contributed by atoms with Gasteiger partial charge in [-0.2, -0.15) is 13.2 Å². The Morgan fingerprint density at radius 1 is 1.33 bits per heavy atom. The summed E-state index contributed by atoms with van der Waals surface area (Å²) >= 11 is 0. The van der Waals surface area contributed by atoms with Crippen molar-refractivity contribution in [2.45, 2.75) is 38.4 Å². The van der Waals surface area contributed by atoms with Gasteiger partial charge in [-0.3, -0.25) is 0 Å². The fraction of sp³-hybridized carbons (Fsp3) is 0.600. The number of nitrogens with two attached hydrogens (primary N) is 1. The van der Waals surface area contributed by atoms with Crippen molar-refractivity contribution in [2.75, 3.05) is 0 Å². The first kappa shape index (κ1) is 10.4. The Bertz CT molecular complexity index is 352. The highest BCUT2D eigenvalue weighted by Gasteiger charge is 2.44. The molecule has 0 aromatic rings. The van der Waals surface area contributed by atoms with Gasteiger partial charge < -0.3 is 11.1 Å². The Hall–Kier alpha value is -1.13. The normalized spacial score (nSPS) is 26.8. The van der Waals surface area contributed by atoms with Crippen molar-refractivity contribution in [3.63, 3.8) is 0 Å². The summed E-state index contributed by atoms with van der Waals surface area (Å²) in [4.78, 5) is 0. The van der Waals surface area contributed by atoms with Crippen molar-refractivity contribution in [2.24, 2.45) is 5.73 Å². The van der Waals surface area contributed by atoms with Crippen LogP contribution in [0.1, 0.15) is 26.2 Å². The maximum Gasteiger partial charge on any atom is 0.412 e. The van der Waals surface area contributed by atoms with Gasteiger partial charge in [0.2, 0.25) is 0 Å². The lowest BCUT2D eigenvalue weighted by molar-refractivity contribution is -0.145. The van der Waals surface area contributed by atoms with Crippen molar-refractivity contribution >= 4 is 0 Å². The molecular weight excluding hydrogens is 205 g/mol. The molecule has 5 heteroatoms. The highest BCUT2D eigenvalue weighted by molar-refractivity contribution is 5.44. The zero-order valence-electron chi connectivity index (χ0n) is 8.41. The van der Waals surface area contributed by atoms with Gasteiger partial charge >= 0.3 is 6.18 Å². The lowest BCUT2D eigenvalue weighted by atomic mass is 9.96. The molecule has 2 aliphatic rings. The molecule has 0 bridgehead atoms. The van der Waals surface area contributed by atoms with Gasteiger partial charge in [-0.25, -0.2) is 0 Å². The summed E-state index contributed by atoms with van der Waals surface area (Å²) in [6, 6.07) is -1.60. The minimum absolute atomic E-state index is 0.197. The summed E-state index contributed by atoms with van der Waals surface area (Å²) in [6.07, 6.45) is -1.92. The Balaban J connectivity index is 2.37. The van der Waals surface area contributed by atoms with E-state index in [1.165, 1.54) is 6.92 Å². The second-order valence-corrected chi connectivity index (χ2v) is 4.03. The number of alkyl halides is 3. The molecule has 1 aliphatic heterocycles. The van der Waals surface area contributed by atoms with Crippen LogP contribution in [-0.2, 0) is 0 Å². The zero-order chi connectivity index (χ0) is 11.2.